The predicted molar refractivity (Wildman–Crippen MR) is 64.5 cm³/mol. The van der Waals surface area contributed by atoms with E-state index in [4.69, 9.17) is 5.11 Å². The normalized spacial score (nSPS) is 12.1. The summed E-state index contributed by atoms with van der Waals surface area (Å²) in [6.07, 6.45) is 5.04. The molecule has 1 atom stereocenters. The van der Waals surface area contributed by atoms with Crippen LogP contribution in [0.2, 0.25) is 0 Å². The molecule has 0 saturated heterocycles. The molecule has 2 aromatic rings. The molecule has 0 fully saturated rings. The van der Waals surface area contributed by atoms with Gasteiger partial charge in [0, 0.05) is 0 Å². The molecule has 2 N–H and O–H groups in total. The first kappa shape index (κ1) is 12.0. The molecule has 0 saturated carbocycles. The molecule has 18 heavy (non-hydrogen) atoms. The molecule has 7 heteroatoms. The van der Waals surface area contributed by atoms with E-state index in [0.717, 1.165) is 0 Å². The lowest BCUT2D eigenvalue weighted by Gasteiger charge is -2.13. The van der Waals surface area contributed by atoms with E-state index in [1.54, 1.807) is 24.7 Å². The van der Waals surface area contributed by atoms with Gasteiger partial charge in [0.2, 0.25) is 0 Å². The van der Waals surface area contributed by atoms with Gasteiger partial charge >= 0.3 is 5.97 Å². The number of aromatic nitrogens is 4. The number of aliphatic carboxylic acids is 1. The lowest BCUT2D eigenvalue weighted by atomic mass is 10.2. The fourth-order valence-corrected chi connectivity index (χ4v) is 1.47. The Bertz CT molecular complexity index is 509. The topological polar surface area (TPSA) is 92.9 Å². The van der Waals surface area contributed by atoms with Crippen LogP contribution < -0.4 is 5.32 Å². The molecule has 0 aliphatic rings. The Kier molecular flexibility index (Phi) is 3.52. The zero-order valence-corrected chi connectivity index (χ0v) is 9.82. The third kappa shape index (κ3) is 2.62. The van der Waals surface area contributed by atoms with Crippen LogP contribution >= 0.6 is 0 Å². The largest absolute Gasteiger partial charge is 0.480 e. The van der Waals surface area contributed by atoms with Gasteiger partial charge in [0.25, 0.3) is 0 Å². The number of pyridine rings is 1. The van der Waals surface area contributed by atoms with Gasteiger partial charge in [0.15, 0.2) is 5.82 Å². The second-order valence-electron chi connectivity index (χ2n) is 3.69. The van der Waals surface area contributed by atoms with Crippen LogP contribution in [0.4, 0.5) is 5.69 Å². The standard InChI is InChI=1S/C11H13N5O2/c1-2-9(11(17)18)15-8-3-4-10(13-5-8)16-7-12-6-14-16/h3-7,9,15H,2H2,1H3,(H,17,18). The van der Waals surface area contributed by atoms with Crippen molar-refractivity contribution in [2.45, 2.75) is 19.4 Å². The molecular weight excluding hydrogens is 234 g/mol. The van der Waals surface area contributed by atoms with Crippen molar-refractivity contribution in [2.24, 2.45) is 0 Å². The van der Waals surface area contributed by atoms with Gasteiger partial charge in [-0.15, -0.1) is 0 Å². The van der Waals surface area contributed by atoms with Crippen LogP contribution in [0.25, 0.3) is 5.82 Å². The summed E-state index contributed by atoms with van der Waals surface area (Å²) >= 11 is 0. The maximum atomic E-state index is 10.9. The molecule has 0 aliphatic carbocycles. The van der Waals surface area contributed by atoms with Crippen LogP contribution in [0, 0.1) is 0 Å². The van der Waals surface area contributed by atoms with Gasteiger partial charge in [-0.2, -0.15) is 5.10 Å². The van der Waals surface area contributed by atoms with Crippen LogP contribution in [0.1, 0.15) is 13.3 Å². The van der Waals surface area contributed by atoms with Crippen LogP contribution in [-0.2, 0) is 4.79 Å². The second kappa shape index (κ2) is 5.26. The number of nitrogens with one attached hydrogen (secondary N) is 1. The SMILES string of the molecule is CCC(Nc1ccc(-n2cncn2)nc1)C(=O)O. The summed E-state index contributed by atoms with van der Waals surface area (Å²) in [5.41, 5.74) is 0.660. The first-order valence-electron chi connectivity index (χ1n) is 5.51. The number of carbonyl (C=O) groups is 1. The minimum absolute atomic E-state index is 0.500. The van der Waals surface area contributed by atoms with Gasteiger partial charge in [0.05, 0.1) is 11.9 Å². The third-order valence-corrected chi connectivity index (χ3v) is 2.45. The number of hydrogen-bond acceptors (Lipinski definition) is 5. The van der Waals surface area contributed by atoms with E-state index >= 15 is 0 Å². The molecule has 0 bridgehead atoms. The van der Waals surface area contributed by atoms with Gasteiger partial charge in [-0.25, -0.2) is 19.4 Å². The van der Waals surface area contributed by atoms with E-state index in [-0.39, 0.29) is 0 Å². The average molecular weight is 247 g/mol. The summed E-state index contributed by atoms with van der Waals surface area (Å²) in [6.45, 7) is 1.81. The zero-order valence-electron chi connectivity index (χ0n) is 9.82. The number of rotatable bonds is 5. The van der Waals surface area contributed by atoms with Gasteiger partial charge in [-0.1, -0.05) is 6.92 Å². The van der Waals surface area contributed by atoms with Crippen LogP contribution in [0.15, 0.2) is 31.0 Å². The molecule has 0 aromatic carbocycles. The average Bonchev–Trinajstić information content (AvgIpc) is 2.90. The van der Waals surface area contributed by atoms with E-state index in [1.165, 1.54) is 11.0 Å². The van der Waals surface area contributed by atoms with Gasteiger partial charge < -0.3 is 10.4 Å². The maximum absolute atomic E-state index is 10.9. The molecule has 0 aliphatic heterocycles. The Hall–Kier alpha value is -2.44. The summed E-state index contributed by atoms with van der Waals surface area (Å²) < 4.78 is 1.53. The molecule has 94 valence electrons. The summed E-state index contributed by atoms with van der Waals surface area (Å²) in [4.78, 5) is 18.9. The minimum Gasteiger partial charge on any atom is -0.480 e. The number of hydrogen-bond donors (Lipinski definition) is 2. The van der Waals surface area contributed by atoms with Gasteiger partial charge in [-0.05, 0) is 18.6 Å². The Morgan fingerprint density at radius 3 is 2.89 bits per heavy atom. The Balaban J connectivity index is 2.10. The van der Waals surface area contributed by atoms with Crippen molar-refractivity contribution in [2.75, 3.05) is 5.32 Å². The predicted octanol–water partition coefficient (Wildman–Crippen LogP) is 0.937. The minimum atomic E-state index is -0.877. The van der Waals surface area contributed by atoms with Crippen molar-refractivity contribution in [3.8, 4) is 5.82 Å². The fraction of sp³-hybridized carbons (Fsp3) is 0.273. The van der Waals surface area contributed by atoms with Crippen LogP contribution in [-0.4, -0.2) is 36.9 Å². The second-order valence-corrected chi connectivity index (χ2v) is 3.69. The van der Waals surface area contributed by atoms with Crippen molar-refractivity contribution in [3.63, 3.8) is 0 Å². The number of carboxylic acid groups (broad SMARTS) is 1. The molecule has 0 radical (unpaired) electrons. The molecule has 2 heterocycles. The third-order valence-electron chi connectivity index (χ3n) is 2.45. The summed E-state index contributed by atoms with van der Waals surface area (Å²) in [5, 5.41) is 15.8. The zero-order chi connectivity index (χ0) is 13.0. The molecule has 0 spiro atoms. The van der Waals surface area contributed by atoms with E-state index < -0.39 is 12.0 Å². The molecule has 1 unspecified atom stereocenters. The molecular formula is C11H13N5O2. The van der Waals surface area contributed by atoms with Crippen molar-refractivity contribution in [1.82, 2.24) is 19.7 Å². The Morgan fingerprint density at radius 1 is 1.56 bits per heavy atom. The number of carboxylic acids is 1. The monoisotopic (exact) mass is 247 g/mol. The first-order chi connectivity index (χ1) is 8.70. The van der Waals surface area contributed by atoms with Crippen molar-refractivity contribution >= 4 is 11.7 Å². The first-order valence-corrected chi connectivity index (χ1v) is 5.51. The molecule has 7 nitrogen and oxygen atoms in total. The molecule has 2 aromatic heterocycles. The van der Waals surface area contributed by atoms with Crippen molar-refractivity contribution < 1.29 is 9.90 Å². The molecule has 0 amide bonds. The highest BCUT2D eigenvalue weighted by molar-refractivity contribution is 5.77. The highest BCUT2D eigenvalue weighted by Crippen LogP contribution is 2.11. The smallest absolute Gasteiger partial charge is 0.326 e. The summed E-state index contributed by atoms with van der Waals surface area (Å²) in [6, 6.07) is 2.89. The van der Waals surface area contributed by atoms with Crippen LogP contribution in [0.5, 0.6) is 0 Å². The highest BCUT2D eigenvalue weighted by atomic mass is 16.4. The summed E-state index contributed by atoms with van der Waals surface area (Å²) in [7, 11) is 0. The van der Waals surface area contributed by atoms with E-state index in [2.05, 4.69) is 20.4 Å². The number of nitrogens with zero attached hydrogens (tertiary/aromatic N) is 4. The highest BCUT2D eigenvalue weighted by Gasteiger charge is 2.14. The Morgan fingerprint density at radius 2 is 2.39 bits per heavy atom. The van der Waals surface area contributed by atoms with Crippen LogP contribution in [0.3, 0.4) is 0 Å². The van der Waals surface area contributed by atoms with E-state index in [1.807, 2.05) is 6.92 Å². The lowest BCUT2D eigenvalue weighted by Crippen LogP contribution is -2.28. The van der Waals surface area contributed by atoms with Crippen molar-refractivity contribution in [1.29, 1.82) is 0 Å². The number of anilines is 1. The fourth-order valence-electron chi connectivity index (χ4n) is 1.47. The van der Waals surface area contributed by atoms with Gasteiger partial charge in [-0.3, -0.25) is 0 Å². The molecule has 2 rings (SSSR count). The van der Waals surface area contributed by atoms with E-state index in [9.17, 15) is 4.79 Å². The maximum Gasteiger partial charge on any atom is 0.326 e. The quantitative estimate of drug-likeness (QED) is 0.816. The van der Waals surface area contributed by atoms with Gasteiger partial charge in [0.1, 0.15) is 18.7 Å². The van der Waals surface area contributed by atoms with E-state index in [0.29, 0.717) is 17.9 Å². The Labute approximate surface area is 104 Å². The summed E-state index contributed by atoms with van der Waals surface area (Å²) in [5.74, 6) is -0.251. The van der Waals surface area contributed by atoms with Crippen molar-refractivity contribution in [3.05, 3.63) is 31.0 Å². The lowest BCUT2D eigenvalue weighted by molar-refractivity contribution is -0.137.